The number of anilines is 1. The van der Waals surface area contributed by atoms with E-state index in [2.05, 4.69) is 26.6 Å². The fraction of sp³-hybridized carbons (Fsp3) is 0.533. The lowest BCUT2D eigenvalue weighted by molar-refractivity contribution is -0.117. The van der Waals surface area contributed by atoms with Gasteiger partial charge in [0.15, 0.2) is 0 Å². The normalized spacial score (nSPS) is 17.8. The number of nitrogens with one attached hydrogen (secondary N) is 2. The maximum Gasteiger partial charge on any atom is 0.226 e. The minimum absolute atomic E-state index is 0.0280. The van der Waals surface area contributed by atoms with Crippen molar-refractivity contribution in [2.45, 2.75) is 44.1 Å². The Morgan fingerprint density at radius 2 is 2.05 bits per heavy atom. The van der Waals surface area contributed by atoms with Gasteiger partial charge < -0.3 is 10.6 Å². The Morgan fingerprint density at radius 3 is 2.65 bits per heavy atom. The third-order valence-corrected chi connectivity index (χ3v) is 4.65. The van der Waals surface area contributed by atoms with Crippen LogP contribution in [0.1, 0.15) is 38.5 Å². The molecule has 0 aromatic heterocycles. The maximum absolute atomic E-state index is 13.2. The van der Waals surface area contributed by atoms with Crippen LogP contribution in [0, 0.1) is 5.82 Å². The molecule has 0 unspecified atom stereocenters. The van der Waals surface area contributed by atoms with Crippen LogP contribution < -0.4 is 10.6 Å². The van der Waals surface area contributed by atoms with E-state index in [0.29, 0.717) is 16.6 Å². The molecule has 1 amide bonds. The average molecular weight is 343 g/mol. The van der Waals surface area contributed by atoms with E-state index in [-0.39, 0.29) is 17.3 Å². The Kier molecular flexibility index (Phi) is 5.16. The Morgan fingerprint density at radius 1 is 1.35 bits per heavy atom. The molecule has 110 valence electrons. The molecule has 1 fully saturated rings. The number of carbonyl (C=O) groups excluding carboxylic acids is 1. The van der Waals surface area contributed by atoms with Crippen molar-refractivity contribution in [3.8, 4) is 0 Å². The predicted molar refractivity (Wildman–Crippen MR) is 82.2 cm³/mol. The summed E-state index contributed by atoms with van der Waals surface area (Å²) in [6.45, 7) is 0. The van der Waals surface area contributed by atoms with Crippen molar-refractivity contribution < 1.29 is 9.18 Å². The summed E-state index contributed by atoms with van der Waals surface area (Å²) in [6.07, 6.45) is 6.09. The van der Waals surface area contributed by atoms with Crippen LogP contribution in [0.4, 0.5) is 10.1 Å². The molecule has 20 heavy (non-hydrogen) atoms. The highest BCUT2D eigenvalue weighted by atomic mass is 79.9. The standard InChI is InChI=1S/C15H20BrFN2O/c1-18-15(7-3-2-4-8-15)10-14(20)19-11-5-6-13(17)12(16)9-11/h5-6,9,18H,2-4,7-8,10H2,1H3,(H,19,20). The third kappa shape index (κ3) is 3.79. The summed E-state index contributed by atoms with van der Waals surface area (Å²) in [7, 11) is 1.92. The molecule has 3 nitrogen and oxygen atoms in total. The first-order valence-corrected chi connectivity index (χ1v) is 7.78. The molecule has 0 aliphatic heterocycles. The molecule has 0 bridgehead atoms. The second-order valence-corrected chi connectivity index (χ2v) is 6.30. The van der Waals surface area contributed by atoms with Gasteiger partial charge >= 0.3 is 0 Å². The molecule has 5 heteroatoms. The molecule has 0 saturated heterocycles. The number of carbonyl (C=O) groups is 1. The van der Waals surface area contributed by atoms with Crippen LogP contribution >= 0.6 is 15.9 Å². The summed E-state index contributed by atoms with van der Waals surface area (Å²) in [4.78, 5) is 12.2. The molecule has 1 aromatic rings. The number of hydrogen-bond acceptors (Lipinski definition) is 2. The first kappa shape index (κ1) is 15.4. The fourth-order valence-electron chi connectivity index (χ4n) is 2.83. The highest BCUT2D eigenvalue weighted by Gasteiger charge is 2.32. The van der Waals surface area contributed by atoms with Gasteiger partial charge in [-0.15, -0.1) is 0 Å². The predicted octanol–water partition coefficient (Wildman–Crippen LogP) is 3.84. The SMILES string of the molecule is CNC1(CC(=O)Nc2ccc(F)c(Br)c2)CCCCC1. The topological polar surface area (TPSA) is 41.1 Å². The highest BCUT2D eigenvalue weighted by molar-refractivity contribution is 9.10. The molecule has 1 aliphatic rings. The molecule has 1 saturated carbocycles. The van der Waals surface area contributed by atoms with E-state index in [1.165, 1.54) is 12.5 Å². The average Bonchev–Trinajstić information content (AvgIpc) is 2.44. The van der Waals surface area contributed by atoms with E-state index in [1.54, 1.807) is 12.1 Å². The van der Waals surface area contributed by atoms with Crippen LogP contribution in [0.5, 0.6) is 0 Å². The molecule has 1 aromatic carbocycles. The monoisotopic (exact) mass is 342 g/mol. The summed E-state index contributed by atoms with van der Waals surface area (Å²) < 4.78 is 13.5. The second kappa shape index (κ2) is 6.68. The first-order chi connectivity index (χ1) is 9.54. The molecule has 2 rings (SSSR count). The van der Waals surface area contributed by atoms with E-state index in [1.807, 2.05) is 7.05 Å². The van der Waals surface area contributed by atoms with E-state index in [9.17, 15) is 9.18 Å². The highest BCUT2D eigenvalue weighted by Crippen LogP contribution is 2.31. The second-order valence-electron chi connectivity index (χ2n) is 5.44. The van der Waals surface area contributed by atoms with E-state index in [4.69, 9.17) is 0 Å². The molecular weight excluding hydrogens is 323 g/mol. The Balaban J connectivity index is 1.98. The summed E-state index contributed by atoms with van der Waals surface area (Å²) in [5.41, 5.74) is 0.532. The van der Waals surface area contributed by atoms with Gasteiger partial charge in [-0.3, -0.25) is 4.79 Å². The number of amides is 1. The number of halogens is 2. The fourth-order valence-corrected chi connectivity index (χ4v) is 3.21. The smallest absolute Gasteiger partial charge is 0.226 e. The van der Waals surface area contributed by atoms with Gasteiger partial charge in [-0.25, -0.2) is 4.39 Å². The molecule has 0 radical (unpaired) electrons. The molecule has 0 atom stereocenters. The Labute approximate surface area is 127 Å². The number of benzene rings is 1. The largest absolute Gasteiger partial charge is 0.326 e. The van der Waals surface area contributed by atoms with Crippen molar-refractivity contribution in [3.63, 3.8) is 0 Å². The molecular formula is C15H20BrFN2O. The number of hydrogen-bond donors (Lipinski definition) is 2. The van der Waals surface area contributed by atoms with Gasteiger partial charge in [0.1, 0.15) is 5.82 Å². The zero-order valence-corrected chi connectivity index (χ0v) is 13.2. The minimum atomic E-state index is -0.332. The van der Waals surface area contributed by atoms with Crippen LogP contribution in [0.25, 0.3) is 0 Å². The lowest BCUT2D eigenvalue weighted by atomic mass is 9.79. The van der Waals surface area contributed by atoms with E-state index < -0.39 is 0 Å². The van der Waals surface area contributed by atoms with Gasteiger partial charge in [0.2, 0.25) is 5.91 Å². The van der Waals surface area contributed by atoms with Gasteiger partial charge in [0.05, 0.1) is 4.47 Å². The van der Waals surface area contributed by atoms with Crippen LogP contribution in [-0.4, -0.2) is 18.5 Å². The zero-order chi connectivity index (χ0) is 14.6. The van der Waals surface area contributed by atoms with Crippen molar-refractivity contribution in [1.29, 1.82) is 0 Å². The van der Waals surface area contributed by atoms with Crippen LogP contribution in [0.15, 0.2) is 22.7 Å². The quantitative estimate of drug-likeness (QED) is 0.872. The van der Waals surface area contributed by atoms with Crippen LogP contribution in [-0.2, 0) is 4.79 Å². The minimum Gasteiger partial charge on any atom is -0.326 e. The van der Waals surface area contributed by atoms with Crippen molar-refractivity contribution in [3.05, 3.63) is 28.5 Å². The zero-order valence-electron chi connectivity index (χ0n) is 11.6. The van der Waals surface area contributed by atoms with Gasteiger partial charge in [-0.2, -0.15) is 0 Å². The molecule has 0 heterocycles. The van der Waals surface area contributed by atoms with Gasteiger partial charge in [0.25, 0.3) is 0 Å². The van der Waals surface area contributed by atoms with Crippen molar-refractivity contribution >= 4 is 27.5 Å². The number of rotatable bonds is 4. The Hall–Kier alpha value is -0.940. The summed E-state index contributed by atoms with van der Waals surface area (Å²) in [5.74, 6) is -0.360. The van der Waals surface area contributed by atoms with Crippen molar-refractivity contribution in [2.75, 3.05) is 12.4 Å². The van der Waals surface area contributed by atoms with Gasteiger partial charge in [0, 0.05) is 17.6 Å². The van der Waals surface area contributed by atoms with Crippen LogP contribution in [0.2, 0.25) is 0 Å². The molecule has 0 spiro atoms. The van der Waals surface area contributed by atoms with Crippen molar-refractivity contribution in [2.24, 2.45) is 0 Å². The lowest BCUT2D eigenvalue weighted by Crippen LogP contribution is -2.47. The summed E-state index contributed by atoms with van der Waals surface area (Å²) in [6, 6.07) is 4.50. The van der Waals surface area contributed by atoms with Gasteiger partial charge in [-0.05, 0) is 54.0 Å². The van der Waals surface area contributed by atoms with Gasteiger partial charge in [-0.1, -0.05) is 19.3 Å². The maximum atomic E-state index is 13.2. The molecule has 1 aliphatic carbocycles. The summed E-state index contributed by atoms with van der Waals surface area (Å²) >= 11 is 3.12. The summed E-state index contributed by atoms with van der Waals surface area (Å²) in [5, 5.41) is 6.17. The molecule has 2 N–H and O–H groups in total. The van der Waals surface area contributed by atoms with Crippen molar-refractivity contribution in [1.82, 2.24) is 5.32 Å². The van der Waals surface area contributed by atoms with Crippen LogP contribution in [0.3, 0.4) is 0 Å². The van der Waals surface area contributed by atoms with E-state index in [0.717, 1.165) is 25.7 Å². The first-order valence-electron chi connectivity index (χ1n) is 6.98. The third-order valence-electron chi connectivity index (χ3n) is 4.04. The van der Waals surface area contributed by atoms with E-state index >= 15 is 0 Å². The Bertz CT molecular complexity index is 487. The lowest BCUT2D eigenvalue weighted by Gasteiger charge is -2.36.